The minimum absolute atomic E-state index is 0.282. The average molecular weight is 641 g/mol. The first kappa shape index (κ1) is 29.2. The van der Waals surface area contributed by atoms with E-state index in [1.807, 2.05) is 60.7 Å². The lowest BCUT2D eigenvalue weighted by atomic mass is 9.84. The molecule has 8 heteroatoms. The summed E-state index contributed by atoms with van der Waals surface area (Å²) < 4.78 is 108. The fraction of sp³-hybridized carbons (Fsp3) is 0.0769. The molecular weight excluding hydrogens is 620 g/mol. The van der Waals surface area contributed by atoms with Gasteiger partial charge in [0.05, 0.1) is 5.56 Å². The van der Waals surface area contributed by atoms with Gasteiger partial charge in [-0.3, -0.25) is 0 Å². The van der Waals surface area contributed by atoms with Gasteiger partial charge in [0.15, 0.2) is 0 Å². The molecule has 0 atom stereocenters. The maximum Gasteiger partial charge on any atom is 0.458 e. The fourth-order valence-corrected chi connectivity index (χ4v) is 6.90. The van der Waals surface area contributed by atoms with Crippen LogP contribution in [0.5, 0.6) is 0 Å². The maximum atomic E-state index is 14.3. The van der Waals surface area contributed by atoms with E-state index in [1.54, 1.807) is 24.3 Å². The lowest BCUT2D eigenvalue weighted by molar-refractivity contribution is -0.289. The topological polar surface area (TPSA) is 0 Å². The number of benzene rings is 8. The minimum Gasteiger partial charge on any atom is -0.191 e. The molecule has 0 spiro atoms. The number of halogens is 8. The molecule has 0 amide bonds. The van der Waals surface area contributed by atoms with Crippen molar-refractivity contribution < 1.29 is 35.1 Å². The van der Waals surface area contributed by atoms with Crippen LogP contribution in [0.15, 0.2) is 121 Å². The van der Waals surface area contributed by atoms with Crippen LogP contribution in [0.3, 0.4) is 0 Å². The zero-order valence-electron chi connectivity index (χ0n) is 24.1. The Morgan fingerprint density at radius 2 is 0.745 bits per heavy atom. The van der Waals surface area contributed by atoms with Crippen LogP contribution in [-0.2, 0) is 12.1 Å². The first-order valence-electron chi connectivity index (χ1n) is 14.6. The van der Waals surface area contributed by atoms with E-state index in [1.165, 1.54) is 12.1 Å². The molecule has 0 heterocycles. The Labute approximate surface area is 261 Å². The molecule has 0 saturated carbocycles. The maximum absolute atomic E-state index is 14.3. The molecule has 0 aliphatic rings. The normalized spacial score (nSPS) is 13.1. The van der Waals surface area contributed by atoms with Crippen LogP contribution in [0.1, 0.15) is 11.1 Å². The van der Waals surface area contributed by atoms with Gasteiger partial charge in [0.25, 0.3) is 0 Å². The summed E-state index contributed by atoms with van der Waals surface area (Å²) in [4.78, 5) is 0. The van der Waals surface area contributed by atoms with Gasteiger partial charge in [-0.1, -0.05) is 84.9 Å². The lowest BCUT2D eigenvalue weighted by Gasteiger charge is -2.22. The van der Waals surface area contributed by atoms with Gasteiger partial charge in [0.1, 0.15) is 0 Å². The third-order valence-corrected chi connectivity index (χ3v) is 8.97. The lowest BCUT2D eigenvalue weighted by Crippen LogP contribution is -2.33. The molecule has 0 unspecified atom stereocenters. The van der Waals surface area contributed by atoms with Crippen molar-refractivity contribution in [1.82, 2.24) is 0 Å². The molecule has 0 aliphatic heterocycles. The van der Waals surface area contributed by atoms with E-state index >= 15 is 0 Å². The van der Waals surface area contributed by atoms with Crippen molar-refractivity contribution in [3.05, 3.63) is 132 Å². The second-order valence-electron chi connectivity index (χ2n) is 11.7. The van der Waals surface area contributed by atoms with Crippen molar-refractivity contribution in [3.8, 4) is 22.3 Å². The van der Waals surface area contributed by atoms with Crippen LogP contribution < -0.4 is 0 Å². The van der Waals surface area contributed by atoms with E-state index < -0.39 is 29.4 Å². The van der Waals surface area contributed by atoms with Gasteiger partial charge in [-0.2, -0.15) is 35.1 Å². The van der Waals surface area contributed by atoms with Crippen LogP contribution in [0, 0.1) is 0 Å². The molecule has 232 valence electrons. The van der Waals surface area contributed by atoms with E-state index in [4.69, 9.17) is 0 Å². The summed E-state index contributed by atoms with van der Waals surface area (Å²) in [6, 6.07) is 32.9. The second kappa shape index (κ2) is 9.88. The summed E-state index contributed by atoms with van der Waals surface area (Å²) >= 11 is 0. The summed E-state index contributed by atoms with van der Waals surface area (Å²) in [5, 5.41) is 6.94. The highest BCUT2D eigenvalue weighted by Crippen LogP contribution is 2.48. The van der Waals surface area contributed by atoms with Gasteiger partial charge >= 0.3 is 18.3 Å². The molecule has 0 aliphatic carbocycles. The van der Waals surface area contributed by atoms with E-state index in [2.05, 4.69) is 0 Å². The van der Waals surface area contributed by atoms with Crippen molar-refractivity contribution >= 4 is 53.9 Å². The van der Waals surface area contributed by atoms with Crippen LogP contribution >= 0.6 is 0 Å². The molecular formula is C39H20F8. The molecule has 8 aromatic rings. The predicted octanol–water partition coefficient (Wildman–Crippen LogP) is 12.9. The Kier molecular flexibility index (Phi) is 6.13. The van der Waals surface area contributed by atoms with Crippen LogP contribution in [0.25, 0.3) is 76.1 Å². The van der Waals surface area contributed by atoms with Gasteiger partial charge in [-0.25, -0.2) is 0 Å². The number of rotatable bonds is 3. The van der Waals surface area contributed by atoms with Gasteiger partial charge in [-0.15, -0.1) is 0 Å². The third-order valence-electron chi connectivity index (χ3n) is 8.97. The number of hydrogen-bond acceptors (Lipinski definition) is 0. The molecule has 0 saturated heterocycles. The Bertz CT molecular complexity index is 2380. The van der Waals surface area contributed by atoms with Gasteiger partial charge in [0, 0.05) is 5.56 Å². The first-order valence-corrected chi connectivity index (χ1v) is 14.6. The Morgan fingerprint density at radius 3 is 1.13 bits per heavy atom. The second-order valence-corrected chi connectivity index (χ2v) is 11.7. The van der Waals surface area contributed by atoms with E-state index in [9.17, 15) is 35.1 Å². The summed E-state index contributed by atoms with van der Waals surface area (Å²) in [5.41, 5.74) is 1.37. The average Bonchev–Trinajstić information content (AvgIpc) is 3.04. The smallest absolute Gasteiger partial charge is 0.191 e. The first-order chi connectivity index (χ1) is 22.3. The Balaban J connectivity index is 1.38. The highest BCUT2D eigenvalue weighted by Gasteiger charge is 2.58. The molecule has 0 bridgehead atoms. The quantitative estimate of drug-likeness (QED) is 0.102. The van der Waals surface area contributed by atoms with Crippen LogP contribution in [0.2, 0.25) is 0 Å². The van der Waals surface area contributed by atoms with Crippen molar-refractivity contribution in [2.24, 2.45) is 0 Å². The molecule has 0 nitrogen and oxygen atoms in total. The molecule has 8 rings (SSSR count). The van der Waals surface area contributed by atoms with Crippen molar-refractivity contribution in [3.63, 3.8) is 0 Å². The number of fused-ring (bicyclic) bond motifs is 2. The van der Waals surface area contributed by atoms with Crippen molar-refractivity contribution in [1.29, 1.82) is 0 Å². The van der Waals surface area contributed by atoms with Crippen LogP contribution in [0.4, 0.5) is 35.1 Å². The monoisotopic (exact) mass is 640 g/mol. The van der Waals surface area contributed by atoms with Crippen LogP contribution in [-0.4, -0.2) is 6.18 Å². The third kappa shape index (κ3) is 4.42. The van der Waals surface area contributed by atoms with Crippen molar-refractivity contribution in [2.75, 3.05) is 0 Å². The van der Waals surface area contributed by atoms with Gasteiger partial charge in [-0.05, 0) is 113 Å². The fourth-order valence-electron chi connectivity index (χ4n) is 6.90. The Morgan fingerprint density at radius 1 is 0.362 bits per heavy atom. The number of alkyl halides is 8. The summed E-state index contributed by atoms with van der Waals surface area (Å²) in [6.45, 7) is 0. The zero-order valence-corrected chi connectivity index (χ0v) is 24.1. The minimum atomic E-state index is -5.73. The molecule has 47 heavy (non-hydrogen) atoms. The predicted molar refractivity (Wildman–Crippen MR) is 171 cm³/mol. The van der Waals surface area contributed by atoms with E-state index in [0.717, 1.165) is 78.7 Å². The molecule has 8 aromatic carbocycles. The van der Waals surface area contributed by atoms with E-state index in [0.29, 0.717) is 10.9 Å². The molecule has 0 fully saturated rings. The molecule has 0 aromatic heterocycles. The summed E-state index contributed by atoms with van der Waals surface area (Å²) in [6.07, 6.45) is -10.2. The van der Waals surface area contributed by atoms with Gasteiger partial charge in [0.2, 0.25) is 0 Å². The molecule has 0 N–H and O–H groups in total. The standard InChI is InChI=1S/C39H20F8/c40-37(41,39(45,46)47)28-19-24-11-9-22-17-26(18-23-10-12-25(20-28)34(24)33(22)23)36-31-7-3-1-5-29(31)35(30-6-2-4-8-32(30)36)21-13-15-27(16-14-21)38(42,43)44/h1-20H. The number of hydrogen-bond donors (Lipinski definition) is 0. The summed E-state index contributed by atoms with van der Waals surface area (Å²) in [5.74, 6) is -5.00. The van der Waals surface area contributed by atoms with Crippen molar-refractivity contribution in [2.45, 2.75) is 18.3 Å². The SMILES string of the molecule is FC(F)(F)c1ccc(-c2c3ccccc3c(-c3cc4ccc5cc(C(F)(F)C(F)(F)F)cc6ccc(c3)c4c56)c3ccccc23)cc1. The summed E-state index contributed by atoms with van der Waals surface area (Å²) in [7, 11) is 0. The highest BCUT2D eigenvalue weighted by atomic mass is 19.4. The highest BCUT2D eigenvalue weighted by molar-refractivity contribution is 6.26. The van der Waals surface area contributed by atoms with E-state index in [-0.39, 0.29) is 10.8 Å². The molecule has 0 radical (unpaired) electrons. The largest absolute Gasteiger partial charge is 0.458 e. The zero-order chi connectivity index (χ0) is 32.9. The Hall–Kier alpha value is -5.24. The van der Waals surface area contributed by atoms with Gasteiger partial charge < -0.3 is 0 Å².